The fourth-order valence-corrected chi connectivity index (χ4v) is 3.00. The highest BCUT2D eigenvalue weighted by Gasteiger charge is 2.29. The van der Waals surface area contributed by atoms with E-state index >= 15 is 0 Å². The lowest BCUT2D eigenvalue weighted by Gasteiger charge is -2.11. The highest BCUT2D eigenvalue weighted by Crippen LogP contribution is 2.30. The summed E-state index contributed by atoms with van der Waals surface area (Å²) in [7, 11) is 1.55. The number of nitrogens with one attached hydrogen (secondary N) is 3. The third-order valence-corrected chi connectivity index (χ3v) is 4.82. The summed E-state index contributed by atoms with van der Waals surface area (Å²) in [6, 6.07) is 11.5. The Balaban J connectivity index is 1.50. The van der Waals surface area contributed by atoms with Gasteiger partial charge in [0.1, 0.15) is 5.75 Å². The van der Waals surface area contributed by atoms with Crippen LogP contribution in [0, 0.1) is 5.92 Å². The van der Waals surface area contributed by atoms with Gasteiger partial charge in [0, 0.05) is 37.0 Å². The van der Waals surface area contributed by atoms with Crippen LogP contribution in [0.15, 0.2) is 42.5 Å². The fourth-order valence-electron chi connectivity index (χ4n) is 2.74. The minimum atomic E-state index is -0.388. The van der Waals surface area contributed by atoms with Crippen molar-refractivity contribution in [3.8, 4) is 5.75 Å². The first-order chi connectivity index (χ1) is 15.0. The fraction of sp³-hybridized carbons (Fsp3) is 0.318. The lowest BCUT2D eigenvalue weighted by Crippen LogP contribution is -2.27. The first kappa shape index (κ1) is 22.6. The van der Waals surface area contributed by atoms with E-state index in [1.54, 1.807) is 37.4 Å². The van der Waals surface area contributed by atoms with Gasteiger partial charge in [0.2, 0.25) is 5.91 Å². The summed E-state index contributed by atoms with van der Waals surface area (Å²) in [6.07, 6.45) is 1.84. The molecule has 0 heterocycles. The van der Waals surface area contributed by atoms with Crippen LogP contribution >= 0.6 is 11.6 Å². The van der Waals surface area contributed by atoms with Crippen LogP contribution in [0.3, 0.4) is 0 Å². The van der Waals surface area contributed by atoms with E-state index in [0.29, 0.717) is 35.8 Å². The molecule has 0 unspecified atom stereocenters. The molecule has 2 aromatic rings. The van der Waals surface area contributed by atoms with Crippen molar-refractivity contribution in [1.82, 2.24) is 5.32 Å². The van der Waals surface area contributed by atoms with Crippen molar-refractivity contribution in [1.29, 1.82) is 0 Å². The molecule has 1 fully saturated rings. The van der Waals surface area contributed by atoms with Crippen LogP contribution in [-0.4, -0.2) is 44.6 Å². The molecule has 1 saturated carbocycles. The number of hydrogen-bond donors (Lipinski definition) is 3. The molecule has 0 radical (unpaired) electrons. The Bertz CT molecular complexity index is 962. The van der Waals surface area contributed by atoms with E-state index in [-0.39, 0.29) is 35.3 Å². The second-order valence-corrected chi connectivity index (χ2v) is 7.48. The average Bonchev–Trinajstić information content (AvgIpc) is 3.58. The molecular formula is C22H24ClN3O5. The summed E-state index contributed by atoms with van der Waals surface area (Å²) in [4.78, 5) is 36.1. The number of halogens is 1. The maximum absolute atomic E-state index is 12.2. The first-order valence-electron chi connectivity index (χ1n) is 9.86. The Labute approximate surface area is 185 Å². The number of carbonyl (C=O) groups excluding carboxylic acids is 3. The monoisotopic (exact) mass is 445 g/mol. The van der Waals surface area contributed by atoms with E-state index < -0.39 is 0 Å². The van der Waals surface area contributed by atoms with Crippen molar-refractivity contribution in [2.24, 2.45) is 5.92 Å². The summed E-state index contributed by atoms with van der Waals surface area (Å²) in [5.74, 6) is -0.143. The first-order valence-corrected chi connectivity index (χ1v) is 10.2. The Kier molecular flexibility index (Phi) is 7.86. The molecule has 0 aromatic heterocycles. The molecule has 0 spiro atoms. The van der Waals surface area contributed by atoms with E-state index in [1.165, 1.54) is 12.1 Å². The summed E-state index contributed by atoms with van der Waals surface area (Å²) in [5, 5.41) is 8.40. The van der Waals surface area contributed by atoms with Gasteiger partial charge in [-0.15, -0.1) is 0 Å². The average molecular weight is 446 g/mol. The highest BCUT2D eigenvalue weighted by molar-refractivity contribution is 6.34. The van der Waals surface area contributed by atoms with Gasteiger partial charge < -0.3 is 25.4 Å². The van der Waals surface area contributed by atoms with Gasteiger partial charge in [0.25, 0.3) is 11.8 Å². The predicted molar refractivity (Wildman–Crippen MR) is 118 cm³/mol. The molecule has 3 rings (SSSR count). The smallest absolute Gasteiger partial charge is 0.262 e. The van der Waals surface area contributed by atoms with Crippen LogP contribution in [0.4, 0.5) is 11.4 Å². The van der Waals surface area contributed by atoms with E-state index in [4.69, 9.17) is 21.1 Å². The van der Waals surface area contributed by atoms with Crippen molar-refractivity contribution in [3.05, 3.63) is 53.1 Å². The number of hydrogen-bond acceptors (Lipinski definition) is 5. The lowest BCUT2D eigenvalue weighted by molar-refractivity contribution is -0.118. The van der Waals surface area contributed by atoms with Crippen molar-refractivity contribution >= 4 is 40.7 Å². The minimum absolute atomic E-state index is 0.00240. The molecule has 0 saturated heterocycles. The van der Waals surface area contributed by atoms with Gasteiger partial charge in [0.15, 0.2) is 6.61 Å². The molecule has 9 heteroatoms. The number of carbonyl (C=O) groups is 3. The maximum Gasteiger partial charge on any atom is 0.262 e. The summed E-state index contributed by atoms with van der Waals surface area (Å²) in [5.41, 5.74) is 1.37. The van der Waals surface area contributed by atoms with Gasteiger partial charge >= 0.3 is 0 Å². The molecule has 2 aromatic carbocycles. The quantitative estimate of drug-likeness (QED) is 0.487. The van der Waals surface area contributed by atoms with Crippen LogP contribution in [0.1, 0.15) is 23.2 Å². The number of methoxy groups -OCH3 is 1. The van der Waals surface area contributed by atoms with Gasteiger partial charge in [-0.05, 0) is 43.2 Å². The van der Waals surface area contributed by atoms with Crippen LogP contribution in [-0.2, 0) is 14.3 Å². The van der Waals surface area contributed by atoms with Crippen molar-refractivity contribution in [2.75, 3.05) is 37.5 Å². The van der Waals surface area contributed by atoms with Gasteiger partial charge in [-0.1, -0.05) is 17.7 Å². The second-order valence-electron chi connectivity index (χ2n) is 7.07. The number of rotatable bonds is 10. The van der Waals surface area contributed by atoms with Crippen molar-refractivity contribution in [3.63, 3.8) is 0 Å². The van der Waals surface area contributed by atoms with Crippen LogP contribution < -0.4 is 20.7 Å². The molecule has 8 nitrogen and oxygen atoms in total. The largest absolute Gasteiger partial charge is 0.484 e. The molecule has 31 heavy (non-hydrogen) atoms. The van der Waals surface area contributed by atoms with Gasteiger partial charge in [-0.25, -0.2) is 0 Å². The maximum atomic E-state index is 12.2. The highest BCUT2D eigenvalue weighted by atomic mass is 35.5. The lowest BCUT2D eigenvalue weighted by atomic mass is 10.2. The van der Waals surface area contributed by atoms with Crippen molar-refractivity contribution < 1.29 is 23.9 Å². The van der Waals surface area contributed by atoms with E-state index in [2.05, 4.69) is 16.0 Å². The van der Waals surface area contributed by atoms with Crippen LogP contribution in [0.5, 0.6) is 5.75 Å². The second kappa shape index (κ2) is 10.8. The summed E-state index contributed by atoms with van der Waals surface area (Å²) >= 11 is 6.17. The number of ether oxygens (including phenoxy) is 2. The SMILES string of the molecule is COCCNC(=O)c1ccc(NC(=O)COc2cccc(NC(=O)C3CC3)c2)cc1Cl. The third-order valence-electron chi connectivity index (χ3n) is 4.51. The van der Waals surface area contributed by atoms with Crippen LogP contribution in [0.2, 0.25) is 5.02 Å². The van der Waals surface area contributed by atoms with E-state index in [1.807, 2.05) is 0 Å². The molecule has 0 bridgehead atoms. The zero-order valence-corrected chi connectivity index (χ0v) is 17.8. The number of amides is 3. The van der Waals surface area contributed by atoms with Crippen LogP contribution in [0.25, 0.3) is 0 Å². The topological polar surface area (TPSA) is 106 Å². The standard InChI is InChI=1S/C22H24ClN3O5/c1-30-10-9-24-22(29)18-8-7-16(12-19(18)23)25-20(27)13-31-17-4-2-3-15(11-17)26-21(28)14-5-6-14/h2-4,7-8,11-12,14H,5-6,9-10,13H2,1H3,(H,24,29)(H,25,27)(H,26,28). The van der Waals surface area contributed by atoms with Gasteiger partial charge in [0.05, 0.1) is 17.2 Å². The minimum Gasteiger partial charge on any atom is -0.484 e. The van der Waals surface area contributed by atoms with E-state index in [9.17, 15) is 14.4 Å². The zero-order valence-electron chi connectivity index (χ0n) is 17.1. The van der Waals surface area contributed by atoms with E-state index in [0.717, 1.165) is 12.8 Å². The molecule has 0 aliphatic heterocycles. The number of anilines is 2. The predicted octanol–water partition coefficient (Wildman–Crippen LogP) is 3.08. The Hall–Kier alpha value is -3.10. The molecule has 3 amide bonds. The molecule has 0 atom stereocenters. The molecule has 164 valence electrons. The Morgan fingerprint density at radius 3 is 2.55 bits per heavy atom. The molecule has 1 aliphatic carbocycles. The van der Waals surface area contributed by atoms with Crippen molar-refractivity contribution in [2.45, 2.75) is 12.8 Å². The Morgan fingerprint density at radius 2 is 1.84 bits per heavy atom. The molecule has 1 aliphatic rings. The Morgan fingerprint density at radius 1 is 1.06 bits per heavy atom. The molecular weight excluding hydrogens is 422 g/mol. The summed E-state index contributed by atoms with van der Waals surface area (Å²) in [6.45, 7) is 0.539. The van der Waals surface area contributed by atoms with Gasteiger partial charge in [-0.2, -0.15) is 0 Å². The normalized spacial score (nSPS) is 12.7. The van der Waals surface area contributed by atoms with Gasteiger partial charge in [-0.3, -0.25) is 14.4 Å². The molecule has 3 N–H and O–H groups in total. The number of benzene rings is 2. The zero-order chi connectivity index (χ0) is 22.2. The third kappa shape index (κ3) is 6.97. The summed E-state index contributed by atoms with van der Waals surface area (Å²) < 4.78 is 10.4.